The molecule has 3 aliphatic carbocycles. The maximum Gasteiger partial charge on any atom is 0.261 e. The molecule has 7 rings (SSSR count). The van der Waals surface area contributed by atoms with E-state index >= 15 is 4.79 Å². The number of hydrogen-bond donors (Lipinski definition) is 0. The second kappa shape index (κ2) is 11.0. The molecule has 3 heterocycles. The fourth-order valence-electron chi connectivity index (χ4n) is 8.37. The van der Waals surface area contributed by atoms with Crippen LogP contribution in [0, 0.1) is 35.0 Å². The van der Waals surface area contributed by atoms with Crippen LogP contribution in [0.1, 0.15) is 68.1 Å². The Morgan fingerprint density at radius 3 is 2.41 bits per heavy atom. The van der Waals surface area contributed by atoms with Gasteiger partial charge in [-0.05, 0) is 120 Å². The highest BCUT2D eigenvalue weighted by molar-refractivity contribution is 8.13. The number of likely N-dealkylation sites (tertiary alicyclic amines) is 2. The summed E-state index contributed by atoms with van der Waals surface area (Å²) in [7, 11) is 6.26. The molecule has 6 aliphatic rings. The number of rotatable bonds is 5. The third kappa shape index (κ3) is 5.07. The Kier molecular flexibility index (Phi) is 7.51. The smallest absolute Gasteiger partial charge is 0.261 e. The maximum absolute atomic E-state index is 15.1. The Morgan fingerprint density at radius 1 is 1.02 bits per heavy atom. The van der Waals surface area contributed by atoms with E-state index in [2.05, 4.69) is 58.8 Å². The second-order valence-corrected chi connectivity index (χ2v) is 15.0. The quantitative estimate of drug-likeness (QED) is 0.481. The Bertz CT molecular complexity index is 1270. The van der Waals surface area contributed by atoms with E-state index in [1.54, 1.807) is 0 Å². The fourth-order valence-corrected chi connectivity index (χ4v) is 9.54. The fraction of sp³-hybridized carbons (Fsp3) is 0.706. The Balaban J connectivity index is 1.28. The van der Waals surface area contributed by atoms with E-state index in [1.165, 1.54) is 31.4 Å². The van der Waals surface area contributed by atoms with Crippen molar-refractivity contribution in [3.05, 3.63) is 34.9 Å². The van der Waals surface area contributed by atoms with E-state index in [0.29, 0.717) is 17.8 Å². The predicted molar refractivity (Wildman–Crippen MR) is 166 cm³/mol. The van der Waals surface area contributed by atoms with Gasteiger partial charge in [0.1, 0.15) is 0 Å². The number of benzene rings is 1. The lowest BCUT2D eigenvalue weighted by atomic mass is 9.61. The molecule has 1 amide bonds. The van der Waals surface area contributed by atoms with Crippen LogP contribution in [0.5, 0.6) is 0 Å². The minimum Gasteiger partial charge on any atom is -0.381 e. The van der Waals surface area contributed by atoms with Crippen molar-refractivity contribution in [2.45, 2.75) is 69.4 Å². The van der Waals surface area contributed by atoms with Crippen molar-refractivity contribution >= 4 is 22.8 Å². The molecular formula is C34H46N4O2S. The summed E-state index contributed by atoms with van der Waals surface area (Å²) in [4.78, 5) is 27.8. The number of carbonyl (C=O) groups is 1. The van der Waals surface area contributed by atoms with Crippen molar-refractivity contribution in [1.82, 2.24) is 14.7 Å². The van der Waals surface area contributed by atoms with E-state index in [-0.39, 0.29) is 17.4 Å². The summed E-state index contributed by atoms with van der Waals surface area (Å²) in [6, 6.07) is 6.71. The summed E-state index contributed by atoms with van der Waals surface area (Å²) in [5.74, 6) is 9.89. The zero-order valence-electron chi connectivity index (χ0n) is 25.2. The van der Waals surface area contributed by atoms with Crippen molar-refractivity contribution in [3.63, 3.8) is 0 Å². The first-order valence-electron chi connectivity index (χ1n) is 16.0. The van der Waals surface area contributed by atoms with Crippen molar-refractivity contribution in [2.24, 2.45) is 28.2 Å². The highest BCUT2D eigenvalue weighted by atomic mass is 32.2. The normalized spacial score (nSPS) is 35.4. The van der Waals surface area contributed by atoms with Gasteiger partial charge in [-0.3, -0.25) is 9.69 Å². The summed E-state index contributed by atoms with van der Waals surface area (Å²) >= 11 is 1.86. The number of methoxy groups -OCH3 is 1. The lowest BCUT2D eigenvalue weighted by Crippen LogP contribution is -2.52. The number of hydrogen-bond acceptors (Lipinski definition) is 6. The van der Waals surface area contributed by atoms with E-state index in [0.717, 1.165) is 86.8 Å². The Morgan fingerprint density at radius 2 is 1.76 bits per heavy atom. The first kappa shape index (κ1) is 28.0. The first-order chi connectivity index (χ1) is 19.9. The van der Waals surface area contributed by atoms with Crippen LogP contribution in [-0.4, -0.2) is 91.6 Å². The molecule has 0 N–H and O–H groups in total. The van der Waals surface area contributed by atoms with Gasteiger partial charge in [0.05, 0.1) is 6.10 Å². The second-order valence-electron chi connectivity index (χ2n) is 14.0. The summed E-state index contributed by atoms with van der Waals surface area (Å²) in [6.07, 6.45) is 9.97. The lowest BCUT2D eigenvalue weighted by Gasteiger charge is -2.45. The largest absolute Gasteiger partial charge is 0.381 e. The third-order valence-corrected chi connectivity index (χ3v) is 12.1. The number of aliphatic imine (C=N–C) groups is 1. The molecule has 1 aromatic carbocycles. The van der Waals surface area contributed by atoms with Crippen molar-refractivity contribution in [3.8, 4) is 11.8 Å². The minimum atomic E-state index is -0.836. The standard InChI is InChI=1S/C34H46N4O2S/c1-36-16-12-26(20-36)22-38-31(39)34(35-32(38)41-23-27-13-17-37(2)21-27)30-18-25(7-6-24-4-5-24)8-9-28(30)19-33(34)14-10-29(40-3)11-15-33/h8-9,18,24,26-27,29H,4-5,10-17,19-23H2,1-3H3/t26?,27-,29?,33?,34?/m1/s1. The summed E-state index contributed by atoms with van der Waals surface area (Å²) in [6.45, 7) is 5.26. The highest BCUT2D eigenvalue weighted by Gasteiger charge is 2.67. The molecule has 1 aromatic rings. The van der Waals surface area contributed by atoms with E-state index in [9.17, 15) is 0 Å². The molecule has 4 fully saturated rings. The third-order valence-electron chi connectivity index (χ3n) is 10.9. The molecule has 7 heteroatoms. The molecule has 0 radical (unpaired) electrons. The molecule has 0 bridgehead atoms. The Labute approximate surface area is 250 Å². The average Bonchev–Trinajstić information content (AvgIpc) is 3.33. The van der Waals surface area contributed by atoms with Gasteiger partial charge >= 0.3 is 0 Å². The molecule has 0 aromatic heterocycles. The molecule has 2 spiro atoms. The van der Waals surface area contributed by atoms with Gasteiger partial charge in [0.15, 0.2) is 10.7 Å². The topological polar surface area (TPSA) is 48.4 Å². The monoisotopic (exact) mass is 574 g/mol. The number of fused-ring (bicyclic) bond motifs is 3. The number of amides is 1. The van der Waals surface area contributed by atoms with Crippen LogP contribution in [0.4, 0.5) is 0 Å². The van der Waals surface area contributed by atoms with Gasteiger partial charge in [-0.15, -0.1) is 0 Å². The number of carbonyl (C=O) groups excluding carboxylic acids is 1. The number of amidine groups is 1. The molecule has 2 unspecified atom stereocenters. The summed E-state index contributed by atoms with van der Waals surface area (Å²) in [5, 5.41) is 0.981. The van der Waals surface area contributed by atoms with Gasteiger partial charge in [-0.2, -0.15) is 0 Å². The van der Waals surface area contributed by atoms with Crippen LogP contribution in [0.25, 0.3) is 0 Å². The molecule has 2 saturated heterocycles. The predicted octanol–water partition coefficient (Wildman–Crippen LogP) is 4.61. The molecule has 41 heavy (non-hydrogen) atoms. The van der Waals surface area contributed by atoms with Gasteiger partial charge in [-0.25, -0.2) is 4.99 Å². The van der Waals surface area contributed by atoms with Crippen LogP contribution in [0.2, 0.25) is 0 Å². The first-order valence-corrected chi connectivity index (χ1v) is 17.0. The van der Waals surface area contributed by atoms with E-state index in [1.807, 2.05) is 18.9 Å². The number of nitrogens with zero attached hydrogens (tertiary/aromatic N) is 4. The lowest BCUT2D eigenvalue weighted by molar-refractivity contribution is -0.138. The zero-order chi connectivity index (χ0) is 28.2. The van der Waals surface area contributed by atoms with Gasteiger partial charge in [0, 0.05) is 49.4 Å². The van der Waals surface area contributed by atoms with Crippen molar-refractivity contribution < 1.29 is 9.53 Å². The average molecular weight is 575 g/mol. The highest BCUT2D eigenvalue weighted by Crippen LogP contribution is 2.62. The molecule has 3 aliphatic heterocycles. The molecule has 220 valence electrons. The molecule has 3 atom stereocenters. The Hall–Kier alpha value is -1.85. The van der Waals surface area contributed by atoms with Gasteiger partial charge in [0.25, 0.3) is 5.91 Å². The molecular weight excluding hydrogens is 528 g/mol. The van der Waals surface area contributed by atoms with Gasteiger partial charge in [-0.1, -0.05) is 29.7 Å². The van der Waals surface area contributed by atoms with Gasteiger partial charge < -0.3 is 14.5 Å². The van der Waals surface area contributed by atoms with E-state index < -0.39 is 5.54 Å². The van der Waals surface area contributed by atoms with Crippen LogP contribution < -0.4 is 0 Å². The molecule has 2 saturated carbocycles. The number of thioether (sulfide) groups is 1. The van der Waals surface area contributed by atoms with Crippen LogP contribution in [0.15, 0.2) is 23.2 Å². The van der Waals surface area contributed by atoms with Crippen LogP contribution in [0.3, 0.4) is 0 Å². The van der Waals surface area contributed by atoms with Crippen molar-refractivity contribution in [1.29, 1.82) is 0 Å². The number of ether oxygens (including phenoxy) is 1. The minimum absolute atomic E-state index is 0.190. The SMILES string of the molecule is COC1CCC2(CC1)Cc1ccc(C#CC3CC3)cc1C21N=C(SC[C@@H]2CCN(C)C2)N(CC2CCN(C)C2)C1=O. The zero-order valence-corrected chi connectivity index (χ0v) is 26.0. The summed E-state index contributed by atoms with van der Waals surface area (Å²) in [5.41, 5.74) is 2.46. The van der Waals surface area contributed by atoms with Crippen LogP contribution in [-0.2, 0) is 21.5 Å². The van der Waals surface area contributed by atoms with Gasteiger partial charge in [0.2, 0.25) is 0 Å². The van der Waals surface area contributed by atoms with Crippen LogP contribution >= 0.6 is 11.8 Å². The summed E-state index contributed by atoms with van der Waals surface area (Å²) < 4.78 is 5.81. The van der Waals surface area contributed by atoms with E-state index in [4.69, 9.17) is 9.73 Å². The van der Waals surface area contributed by atoms with Crippen molar-refractivity contribution in [2.75, 3.05) is 59.7 Å². The maximum atomic E-state index is 15.1. The molecule has 6 nitrogen and oxygen atoms in total.